The summed E-state index contributed by atoms with van der Waals surface area (Å²) < 4.78 is 74.0. The molecule has 3 heterocycles. The van der Waals surface area contributed by atoms with Gasteiger partial charge in [-0.15, -0.1) is 0 Å². The van der Waals surface area contributed by atoms with Gasteiger partial charge in [0.25, 0.3) is 0 Å². The largest absolute Gasteiger partial charge is 0.418 e. The van der Waals surface area contributed by atoms with Crippen molar-refractivity contribution in [3.05, 3.63) is 72.2 Å². The predicted molar refractivity (Wildman–Crippen MR) is 158 cm³/mol. The summed E-state index contributed by atoms with van der Waals surface area (Å²) in [5.74, 6) is 0.964. The number of sulfonamides is 1. The lowest BCUT2D eigenvalue weighted by Gasteiger charge is -2.26. The second kappa shape index (κ2) is 12.9. The molecule has 228 valence electrons. The van der Waals surface area contributed by atoms with Gasteiger partial charge in [0.15, 0.2) is 0 Å². The molecule has 9 nitrogen and oxygen atoms in total. The summed E-state index contributed by atoms with van der Waals surface area (Å²) in [4.78, 5) is 15.9. The number of fused-ring (bicyclic) bond motifs is 1. The third kappa shape index (κ3) is 6.96. The molecule has 1 aliphatic heterocycles. The molecule has 0 amide bonds. The van der Waals surface area contributed by atoms with E-state index in [2.05, 4.69) is 22.1 Å². The van der Waals surface area contributed by atoms with E-state index in [-0.39, 0.29) is 16.2 Å². The van der Waals surface area contributed by atoms with Crippen LogP contribution in [0.2, 0.25) is 0 Å². The van der Waals surface area contributed by atoms with E-state index in [1.807, 2.05) is 6.92 Å². The molecule has 4 aromatic rings. The van der Waals surface area contributed by atoms with Gasteiger partial charge in [-0.05, 0) is 68.0 Å². The number of ether oxygens (including phenoxy) is 1. The normalized spacial score (nSPS) is 14.8. The number of halogens is 3. The van der Waals surface area contributed by atoms with Crippen molar-refractivity contribution < 1.29 is 26.3 Å². The molecule has 0 saturated carbocycles. The molecule has 5 rings (SSSR count). The van der Waals surface area contributed by atoms with Crippen LogP contribution >= 0.6 is 0 Å². The van der Waals surface area contributed by atoms with Crippen LogP contribution in [0, 0.1) is 0 Å². The van der Waals surface area contributed by atoms with Crippen LogP contribution in [0.1, 0.15) is 31.7 Å². The maximum Gasteiger partial charge on any atom is 0.418 e. The first-order valence-corrected chi connectivity index (χ1v) is 15.5. The van der Waals surface area contributed by atoms with E-state index in [9.17, 15) is 21.6 Å². The van der Waals surface area contributed by atoms with E-state index in [4.69, 9.17) is 14.7 Å². The van der Waals surface area contributed by atoms with Gasteiger partial charge in [0, 0.05) is 35.9 Å². The predicted octanol–water partition coefficient (Wildman–Crippen LogP) is 5.71. The summed E-state index contributed by atoms with van der Waals surface area (Å²) in [6.45, 7) is 7.50. The summed E-state index contributed by atoms with van der Waals surface area (Å²) >= 11 is 0. The number of hydrogen-bond acceptors (Lipinski definition) is 8. The fourth-order valence-corrected chi connectivity index (χ4v) is 6.41. The summed E-state index contributed by atoms with van der Waals surface area (Å²) in [7, 11) is -3.65. The van der Waals surface area contributed by atoms with E-state index < -0.39 is 21.8 Å². The average molecular weight is 615 g/mol. The van der Waals surface area contributed by atoms with Crippen molar-refractivity contribution in [2.45, 2.75) is 37.9 Å². The van der Waals surface area contributed by atoms with Crippen molar-refractivity contribution in [3.63, 3.8) is 0 Å². The van der Waals surface area contributed by atoms with Gasteiger partial charge in [0.1, 0.15) is 11.6 Å². The van der Waals surface area contributed by atoms with Crippen LogP contribution in [0.25, 0.3) is 22.2 Å². The summed E-state index contributed by atoms with van der Waals surface area (Å²) in [5, 5.41) is 3.87. The lowest BCUT2D eigenvalue weighted by Crippen LogP contribution is -2.40. The second-order valence-corrected chi connectivity index (χ2v) is 12.1. The number of pyridine rings is 1. The average Bonchev–Trinajstić information content (AvgIpc) is 3.01. The standard InChI is InChI=1S/C30H33F3N6O3S/c1-3-14-38(4-2)20-27-36-26-19-21(28-25(30(31,32)33)6-5-13-34-28)7-12-24(26)29(37-27)35-22-8-10-23(11-9-22)43(40,41)39-15-17-42-18-16-39/h5-13,19H,3-4,14-18,20H2,1-2H3,(H,35,36,37). The molecule has 43 heavy (non-hydrogen) atoms. The molecule has 0 radical (unpaired) electrons. The van der Waals surface area contributed by atoms with Crippen LogP contribution in [0.5, 0.6) is 0 Å². The highest BCUT2D eigenvalue weighted by atomic mass is 32.2. The minimum absolute atomic E-state index is 0.173. The molecule has 0 spiro atoms. The monoisotopic (exact) mass is 614 g/mol. The minimum atomic E-state index is -4.56. The first-order valence-electron chi connectivity index (χ1n) is 14.1. The van der Waals surface area contributed by atoms with Gasteiger partial charge in [-0.1, -0.05) is 19.9 Å². The second-order valence-electron chi connectivity index (χ2n) is 10.2. The molecule has 0 unspecified atom stereocenters. The van der Waals surface area contributed by atoms with E-state index in [1.54, 1.807) is 30.3 Å². The SMILES string of the molecule is CCCN(CC)Cc1nc(Nc2ccc(S(=O)(=O)N3CCOCC3)cc2)c2ccc(-c3ncccc3C(F)(F)F)cc2n1. The quantitative estimate of drug-likeness (QED) is 0.243. The minimum Gasteiger partial charge on any atom is -0.379 e. The highest BCUT2D eigenvalue weighted by molar-refractivity contribution is 7.89. The zero-order chi connectivity index (χ0) is 30.6. The van der Waals surface area contributed by atoms with Gasteiger partial charge in [0.05, 0.1) is 41.4 Å². The van der Waals surface area contributed by atoms with Crippen molar-refractivity contribution in [1.29, 1.82) is 0 Å². The highest BCUT2D eigenvalue weighted by Gasteiger charge is 2.34. The molecule has 2 aromatic carbocycles. The number of nitrogens with zero attached hydrogens (tertiary/aromatic N) is 5. The van der Waals surface area contributed by atoms with Crippen LogP contribution in [0.4, 0.5) is 24.7 Å². The van der Waals surface area contributed by atoms with Crippen molar-refractivity contribution in [3.8, 4) is 11.3 Å². The smallest absolute Gasteiger partial charge is 0.379 e. The van der Waals surface area contributed by atoms with Crippen molar-refractivity contribution in [1.82, 2.24) is 24.2 Å². The lowest BCUT2D eigenvalue weighted by atomic mass is 10.0. The molecule has 0 atom stereocenters. The molecular weight excluding hydrogens is 581 g/mol. The number of morpholine rings is 1. The number of alkyl halides is 3. The number of rotatable bonds is 10. The molecule has 1 saturated heterocycles. The van der Waals surface area contributed by atoms with Crippen molar-refractivity contribution in [2.24, 2.45) is 0 Å². The van der Waals surface area contributed by atoms with Crippen molar-refractivity contribution >= 4 is 32.4 Å². The molecule has 1 fully saturated rings. The van der Waals surface area contributed by atoms with Crippen LogP contribution < -0.4 is 5.32 Å². The fraction of sp³-hybridized carbons (Fsp3) is 0.367. The Morgan fingerprint density at radius 1 is 1.02 bits per heavy atom. The molecule has 0 bridgehead atoms. The third-order valence-electron chi connectivity index (χ3n) is 7.21. The Morgan fingerprint density at radius 2 is 1.77 bits per heavy atom. The van der Waals surface area contributed by atoms with Crippen molar-refractivity contribution in [2.75, 3.05) is 44.7 Å². The first kappa shape index (κ1) is 30.8. The maximum absolute atomic E-state index is 13.8. The molecule has 1 aliphatic rings. The van der Waals surface area contributed by atoms with Gasteiger partial charge in [0.2, 0.25) is 10.0 Å². The lowest BCUT2D eigenvalue weighted by molar-refractivity contribution is -0.137. The fourth-order valence-electron chi connectivity index (χ4n) is 5.00. The molecule has 2 aromatic heterocycles. The van der Waals surface area contributed by atoms with E-state index in [0.29, 0.717) is 61.1 Å². The number of nitrogens with one attached hydrogen (secondary N) is 1. The Hall–Kier alpha value is -3.65. The molecule has 13 heteroatoms. The zero-order valence-electron chi connectivity index (χ0n) is 23.9. The van der Waals surface area contributed by atoms with Gasteiger partial charge < -0.3 is 10.1 Å². The molecule has 1 N–H and O–H groups in total. The molecular formula is C30H33F3N6O3S. The summed E-state index contributed by atoms with van der Waals surface area (Å²) in [6, 6.07) is 13.5. The van der Waals surface area contributed by atoms with Gasteiger partial charge in [-0.25, -0.2) is 18.4 Å². The van der Waals surface area contributed by atoms with Gasteiger partial charge in [-0.2, -0.15) is 17.5 Å². The zero-order valence-corrected chi connectivity index (χ0v) is 24.7. The highest BCUT2D eigenvalue weighted by Crippen LogP contribution is 2.37. The summed E-state index contributed by atoms with van der Waals surface area (Å²) in [6.07, 6.45) is -2.29. The number of anilines is 2. The Kier molecular flexibility index (Phi) is 9.25. The number of benzene rings is 2. The Morgan fingerprint density at radius 3 is 2.44 bits per heavy atom. The van der Waals surface area contributed by atoms with Crippen LogP contribution in [-0.2, 0) is 27.5 Å². The maximum atomic E-state index is 13.8. The van der Waals surface area contributed by atoms with Gasteiger partial charge in [-0.3, -0.25) is 9.88 Å². The number of hydrogen-bond donors (Lipinski definition) is 1. The van der Waals surface area contributed by atoms with Crippen LogP contribution in [-0.4, -0.2) is 72.0 Å². The van der Waals surface area contributed by atoms with Crippen LogP contribution in [0.3, 0.4) is 0 Å². The Balaban J connectivity index is 1.52. The number of aromatic nitrogens is 3. The summed E-state index contributed by atoms with van der Waals surface area (Å²) in [5.41, 5.74) is 0.345. The van der Waals surface area contributed by atoms with E-state index >= 15 is 0 Å². The van der Waals surface area contributed by atoms with E-state index in [0.717, 1.165) is 25.6 Å². The Labute approximate surface area is 248 Å². The topological polar surface area (TPSA) is 101 Å². The van der Waals surface area contributed by atoms with Crippen LogP contribution in [0.15, 0.2) is 65.7 Å². The van der Waals surface area contributed by atoms with Gasteiger partial charge >= 0.3 is 6.18 Å². The Bertz CT molecular complexity index is 1680. The molecule has 0 aliphatic carbocycles. The third-order valence-corrected chi connectivity index (χ3v) is 9.12. The first-order chi connectivity index (χ1) is 20.6. The van der Waals surface area contributed by atoms with E-state index in [1.165, 1.54) is 28.7 Å².